The van der Waals surface area contributed by atoms with Gasteiger partial charge in [-0.15, -0.1) is 0 Å². The van der Waals surface area contributed by atoms with Crippen molar-refractivity contribution in [1.29, 1.82) is 0 Å². The molecule has 0 aliphatic rings. The van der Waals surface area contributed by atoms with Gasteiger partial charge in [0.1, 0.15) is 6.54 Å². The first-order valence-corrected chi connectivity index (χ1v) is 4.90. The van der Waals surface area contributed by atoms with Gasteiger partial charge in [-0.05, 0) is 17.1 Å². The molecule has 0 saturated heterocycles. The van der Waals surface area contributed by atoms with Crippen LogP contribution in [0.2, 0.25) is 0 Å². The van der Waals surface area contributed by atoms with E-state index < -0.39 is 4.92 Å². The minimum Gasteiger partial charge on any atom is -0.358 e. The second-order valence-electron chi connectivity index (χ2n) is 3.56. The van der Waals surface area contributed by atoms with Gasteiger partial charge in [0.15, 0.2) is 0 Å². The fourth-order valence-electron chi connectivity index (χ4n) is 1.52. The molecular weight excluding hydrogens is 224 g/mol. The average Bonchev–Trinajstić information content (AvgIpc) is 2.86. The van der Waals surface area contributed by atoms with Crippen molar-refractivity contribution in [1.82, 2.24) is 14.3 Å². The van der Waals surface area contributed by atoms with Crippen molar-refractivity contribution in [2.24, 2.45) is 7.05 Å². The molecule has 0 aliphatic carbocycles. The Kier molecular flexibility index (Phi) is 2.73. The molecule has 0 saturated carbocycles. The Morgan fingerprint density at radius 1 is 1.47 bits per heavy atom. The molecule has 2 rings (SSSR count). The number of carbonyl (C=O) groups is 1. The number of carbonyl (C=O) groups excluding carboxylic acids is 1. The molecule has 0 fully saturated rings. The maximum absolute atomic E-state index is 11.8. The highest BCUT2D eigenvalue weighted by atomic mass is 16.6. The Morgan fingerprint density at radius 2 is 2.24 bits per heavy atom. The molecule has 2 aromatic heterocycles. The fraction of sp³-hybridized carbons (Fsp3) is 0.200. The number of ketones is 1. The number of hydrogen-bond donors (Lipinski definition) is 0. The van der Waals surface area contributed by atoms with E-state index in [1.807, 2.05) is 0 Å². The normalized spacial score (nSPS) is 10.4. The third-order valence-corrected chi connectivity index (χ3v) is 2.35. The van der Waals surface area contributed by atoms with Crippen LogP contribution in [0.15, 0.2) is 30.6 Å². The van der Waals surface area contributed by atoms with Crippen molar-refractivity contribution < 1.29 is 9.72 Å². The predicted molar refractivity (Wildman–Crippen MR) is 58.6 cm³/mol. The molecule has 0 atom stereocenters. The molecule has 0 spiro atoms. The lowest BCUT2D eigenvalue weighted by Gasteiger charge is -2.00. The minimum absolute atomic E-state index is 0.00824. The van der Waals surface area contributed by atoms with Crippen LogP contribution in [0.5, 0.6) is 0 Å². The second-order valence-corrected chi connectivity index (χ2v) is 3.56. The maximum atomic E-state index is 11.8. The van der Waals surface area contributed by atoms with E-state index in [-0.39, 0.29) is 18.1 Å². The van der Waals surface area contributed by atoms with E-state index in [1.165, 1.54) is 16.9 Å². The summed E-state index contributed by atoms with van der Waals surface area (Å²) in [6.45, 7) is -0.00824. The number of nitrogens with zero attached hydrogens (tertiary/aromatic N) is 4. The molecule has 88 valence electrons. The molecule has 7 heteroatoms. The van der Waals surface area contributed by atoms with E-state index in [4.69, 9.17) is 0 Å². The van der Waals surface area contributed by atoms with E-state index in [2.05, 4.69) is 5.10 Å². The van der Waals surface area contributed by atoms with Crippen LogP contribution < -0.4 is 0 Å². The van der Waals surface area contributed by atoms with Crippen LogP contribution in [0, 0.1) is 10.1 Å². The van der Waals surface area contributed by atoms with E-state index in [0.717, 1.165) is 0 Å². The smallest absolute Gasteiger partial charge is 0.358 e. The van der Waals surface area contributed by atoms with E-state index >= 15 is 0 Å². The van der Waals surface area contributed by atoms with E-state index in [0.29, 0.717) is 5.69 Å². The predicted octanol–water partition coefficient (Wildman–Crippen LogP) is 1.01. The van der Waals surface area contributed by atoms with Gasteiger partial charge >= 0.3 is 5.82 Å². The van der Waals surface area contributed by atoms with Gasteiger partial charge in [0, 0.05) is 13.2 Å². The lowest BCUT2D eigenvalue weighted by molar-refractivity contribution is -0.389. The summed E-state index contributed by atoms with van der Waals surface area (Å²) in [6, 6.07) is 4.72. The molecule has 0 aliphatic heterocycles. The van der Waals surface area contributed by atoms with Crippen LogP contribution in [0.3, 0.4) is 0 Å². The van der Waals surface area contributed by atoms with Crippen molar-refractivity contribution in [3.63, 3.8) is 0 Å². The van der Waals surface area contributed by atoms with E-state index in [9.17, 15) is 14.9 Å². The zero-order chi connectivity index (χ0) is 12.4. The molecule has 0 unspecified atom stereocenters. The molecule has 17 heavy (non-hydrogen) atoms. The number of hydrogen-bond acceptors (Lipinski definition) is 4. The van der Waals surface area contributed by atoms with Crippen molar-refractivity contribution in [2.45, 2.75) is 6.54 Å². The fourth-order valence-corrected chi connectivity index (χ4v) is 1.52. The highest BCUT2D eigenvalue weighted by molar-refractivity contribution is 5.94. The highest BCUT2D eigenvalue weighted by Crippen LogP contribution is 2.07. The van der Waals surface area contributed by atoms with Crippen LogP contribution in [0.1, 0.15) is 10.5 Å². The quantitative estimate of drug-likeness (QED) is 0.449. The van der Waals surface area contributed by atoms with Gasteiger partial charge in [-0.25, -0.2) is 0 Å². The lowest BCUT2D eigenvalue weighted by Crippen LogP contribution is -2.14. The van der Waals surface area contributed by atoms with Crippen LogP contribution in [-0.2, 0) is 13.6 Å². The molecule has 0 amide bonds. The third kappa shape index (κ3) is 2.22. The molecule has 0 bridgehead atoms. The number of Topliss-reactive ketones (excluding diaryl/α,β-unsaturated/α-hetero) is 1. The van der Waals surface area contributed by atoms with Gasteiger partial charge in [0.2, 0.25) is 5.78 Å². The summed E-state index contributed by atoms with van der Waals surface area (Å²) in [5.41, 5.74) is 0.545. The first-order chi connectivity index (χ1) is 8.08. The topological polar surface area (TPSA) is 83.0 Å². The zero-order valence-corrected chi connectivity index (χ0v) is 9.11. The van der Waals surface area contributed by atoms with Crippen LogP contribution >= 0.6 is 0 Å². The monoisotopic (exact) mass is 234 g/mol. The Bertz CT molecular complexity index is 570. The summed E-state index contributed by atoms with van der Waals surface area (Å²) >= 11 is 0. The number of aryl methyl sites for hydroxylation is 1. The summed E-state index contributed by atoms with van der Waals surface area (Å²) in [5.74, 6) is -0.403. The minimum atomic E-state index is -0.594. The van der Waals surface area contributed by atoms with Crippen LogP contribution in [0.4, 0.5) is 5.82 Å². The molecule has 2 heterocycles. The average molecular weight is 234 g/mol. The summed E-state index contributed by atoms with van der Waals surface area (Å²) in [5, 5.41) is 14.1. The van der Waals surface area contributed by atoms with Gasteiger partial charge in [0.25, 0.3) is 0 Å². The number of rotatable bonds is 4. The largest absolute Gasteiger partial charge is 0.389 e. The summed E-state index contributed by atoms with van der Waals surface area (Å²) in [6.07, 6.45) is 3.18. The van der Waals surface area contributed by atoms with Gasteiger partial charge in [-0.3, -0.25) is 4.79 Å². The second kappa shape index (κ2) is 4.20. The van der Waals surface area contributed by atoms with Crippen molar-refractivity contribution in [2.75, 3.05) is 0 Å². The molecule has 0 radical (unpaired) electrons. The standard InChI is InChI=1S/C10H10N4O3/c1-12-5-2-3-8(12)9(15)7-13-6-4-10(11-13)14(16)17/h2-6H,7H2,1H3. The maximum Gasteiger partial charge on any atom is 0.389 e. The van der Waals surface area contributed by atoms with Crippen molar-refractivity contribution in [3.8, 4) is 0 Å². The first-order valence-electron chi connectivity index (χ1n) is 4.90. The summed E-state index contributed by atoms with van der Waals surface area (Å²) < 4.78 is 2.95. The Balaban J connectivity index is 2.13. The number of nitro groups is 1. The lowest BCUT2D eigenvalue weighted by atomic mass is 10.3. The Morgan fingerprint density at radius 3 is 2.76 bits per heavy atom. The highest BCUT2D eigenvalue weighted by Gasteiger charge is 2.15. The van der Waals surface area contributed by atoms with Crippen molar-refractivity contribution in [3.05, 3.63) is 46.4 Å². The van der Waals surface area contributed by atoms with Gasteiger partial charge in [-0.1, -0.05) is 0 Å². The molecule has 0 N–H and O–H groups in total. The summed E-state index contributed by atoms with van der Waals surface area (Å²) in [4.78, 5) is 21.7. The van der Waals surface area contributed by atoms with Gasteiger partial charge < -0.3 is 14.7 Å². The van der Waals surface area contributed by atoms with Gasteiger partial charge in [0.05, 0.1) is 23.1 Å². The Hall–Kier alpha value is -2.44. The SMILES string of the molecule is Cn1cccc1C(=O)Cn1ccc([N+](=O)[O-])n1. The van der Waals surface area contributed by atoms with Crippen LogP contribution in [-0.4, -0.2) is 25.1 Å². The molecule has 2 aromatic rings. The zero-order valence-electron chi connectivity index (χ0n) is 9.11. The molecule has 0 aromatic carbocycles. The summed E-state index contributed by atoms with van der Waals surface area (Å²) in [7, 11) is 1.76. The third-order valence-electron chi connectivity index (χ3n) is 2.35. The van der Waals surface area contributed by atoms with Crippen LogP contribution in [0.25, 0.3) is 0 Å². The van der Waals surface area contributed by atoms with Crippen molar-refractivity contribution >= 4 is 11.6 Å². The molecular formula is C10H10N4O3. The number of aromatic nitrogens is 3. The Labute approximate surface area is 96.4 Å². The van der Waals surface area contributed by atoms with Gasteiger partial charge in [-0.2, -0.15) is 4.68 Å². The first kappa shape index (κ1) is 11.1. The van der Waals surface area contributed by atoms with E-state index in [1.54, 1.807) is 29.9 Å². The molecule has 7 nitrogen and oxygen atoms in total.